The molecule has 3 atom stereocenters. The number of epoxide rings is 1. The van der Waals surface area contributed by atoms with Crippen molar-refractivity contribution in [1.82, 2.24) is 10.6 Å². The molecule has 5 nitrogen and oxygen atoms in total. The van der Waals surface area contributed by atoms with Gasteiger partial charge in [-0.3, -0.25) is 9.59 Å². The number of Topliss-reactive ketones (excluding diaryl/α,β-unsaturated/α-hetero) is 1. The van der Waals surface area contributed by atoms with Crippen LogP contribution in [0.3, 0.4) is 0 Å². The van der Waals surface area contributed by atoms with Crippen LogP contribution < -0.4 is 10.6 Å². The Balaban J connectivity index is 2.75. The van der Waals surface area contributed by atoms with E-state index in [4.69, 9.17) is 4.74 Å². The standard InChI is InChI=1S/C16H30N2O3/c1-7-17-13(11(4)5)15(20)18-12(8-10(2)3)14(19)16(6)9-21-16/h10-13,17H,7-9H2,1-6H3,(H,18,20)/t12-,13-,16+/m0/s1. The highest BCUT2D eigenvalue weighted by atomic mass is 16.6. The fourth-order valence-electron chi connectivity index (χ4n) is 2.43. The summed E-state index contributed by atoms with van der Waals surface area (Å²) >= 11 is 0. The van der Waals surface area contributed by atoms with Gasteiger partial charge in [-0.25, -0.2) is 0 Å². The number of likely N-dealkylation sites (N-methyl/N-ethyl adjacent to an activating group) is 1. The molecule has 0 aromatic carbocycles. The number of carbonyl (C=O) groups is 2. The minimum atomic E-state index is -0.696. The predicted molar refractivity (Wildman–Crippen MR) is 83.1 cm³/mol. The first-order valence-electron chi connectivity index (χ1n) is 7.93. The summed E-state index contributed by atoms with van der Waals surface area (Å²) < 4.78 is 5.24. The summed E-state index contributed by atoms with van der Waals surface area (Å²) in [6.07, 6.45) is 0.639. The molecule has 2 N–H and O–H groups in total. The molecule has 1 heterocycles. The van der Waals surface area contributed by atoms with Gasteiger partial charge in [0, 0.05) is 0 Å². The fraction of sp³-hybridized carbons (Fsp3) is 0.875. The summed E-state index contributed by atoms with van der Waals surface area (Å²) in [6.45, 7) is 13.0. The first-order valence-corrected chi connectivity index (χ1v) is 7.93. The Labute approximate surface area is 128 Å². The molecule has 1 aliphatic rings. The van der Waals surface area contributed by atoms with Gasteiger partial charge in [0.05, 0.1) is 18.7 Å². The maximum atomic E-state index is 12.5. The summed E-state index contributed by atoms with van der Waals surface area (Å²) in [5.74, 6) is 0.393. The molecule has 122 valence electrons. The van der Waals surface area contributed by atoms with Gasteiger partial charge in [0.1, 0.15) is 5.60 Å². The van der Waals surface area contributed by atoms with Crippen LogP contribution in [0.15, 0.2) is 0 Å². The van der Waals surface area contributed by atoms with Gasteiger partial charge in [0.25, 0.3) is 0 Å². The third-order valence-electron chi connectivity index (χ3n) is 3.81. The summed E-state index contributed by atoms with van der Waals surface area (Å²) in [4.78, 5) is 24.9. The molecule has 1 rings (SSSR count). The molecule has 1 saturated heterocycles. The summed E-state index contributed by atoms with van der Waals surface area (Å²) in [5, 5.41) is 6.11. The Morgan fingerprint density at radius 2 is 1.81 bits per heavy atom. The van der Waals surface area contributed by atoms with Crippen LogP contribution in [0.1, 0.15) is 48.0 Å². The lowest BCUT2D eigenvalue weighted by molar-refractivity contribution is -0.132. The van der Waals surface area contributed by atoms with Crippen LogP contribution in [0.5, 0.6) is 0 Å². The highest BCUT2D eigenvalue weighted by Gasteiger charge is 2.50. The van der Waals surface area contributed by atoms with Gasteiger partial charge in [-0.05, 0) is 31.7 Å². The lowest BCUT2D eigenvalue weighted by atomic mass is 9.92. The molecule has 21 heavy (non-hydrogen) atoms. The van der Waals surface area contributed by atoms with Gasteiger partial charge in [0.15, 0.2) is 5.78 Å². The van der Waals surface area contributed by atoms with Crippen LogP contribution in [0.4, 0.5) is 0 Å². The van der Waals surface area contributed by atoms with E-state index in [1.165, 1.54) is 0 Å². The SMILES string of the molecule is CCN[C@H](C(=O)N[C@@H](CC(C)C)C(=O)[C@@]1(C)CO1)C(C)C. The fourth-order valence-corrected chi connectivity index (χ4v) is 2.43. The molecule has 0 saturated carbocycles. The Morgan fingerprint density at radius 3 is 2.19 bits per heavy atom. The highest BCUT2D eigenvalue weighted by Crippen LogP contribution is 2.29. The Hall–Kier alpha value is -0.940. The second kappa shape index (κ2) is 7.36. The second-order valence-electron chi connectivity index (χ2n) is 6.85. The Kier molecular flexibility index (Phi) is 6.35. The largest absolute Gasteiger partial charge is 0.361 e. The number of rotatable bonds is 9. The van der Waals surface area contributed by atoms with Gasteiger partial charge >= 0.3 is 0 Å². The molecule has 1 aliphatic heterocycles. The third kappa shape index (κ3) is 5.08. The maximum absolute atomic E-state index is 12.5. The summed E-state index contributed by atoms with van der Waals surface area (Å²) in [7, 11) is 0. The lowest BCUT2D eigenvalue weighted by Gasteiger charge is -2.26. The maximum Gasteiger partial charge on any atom is 0.237 e. The van der Waals surface area contributed by atoms with Gasteiger partial charge < -0.3 is 15.4 Å². The highest BCUT2D eigenvalue weighted by molar-refractivity contribution is 5.97. The van der Waals surface area contributed by atoms with Gasteiger partial charge in [-0.2, -0.15) is 0 Å². The minimum Gasteiger partial charge on any atom is -0.361 e. The van der Waals surface area contributed by atoms with Crippen LogP contribution >= 0.6 is 0 Å². The molecule has 0 aromatic heterocycles. The zero-order valence-corrected chi connectivity index (χ0v) is 14.2. The van der Waals surface area contributed by atoms with Crippen molar-refractivity contribution >= 4 is 11.7 Å². The van der Waals surface area contributed by atoms with E-state index in [1.54, 1.807) is 6.92 Å². The molecule has 0 bridgehead atoms. The quantitative estimate of drug-likeness (QED) is 0.633. The normalized spacial score (nSPS) is 24.0. The zero-order valence-electron chi connectivity index (χ0n) is 14.2. The number of carbonyl (C=O) groups excluding carboxylic acids is 2. The average molecular weight is 298 g/mol. The van der Waals surface area contributed by atoms with Crippen molar-refractivity contribution in [3.63, 3.8) is 0 Å². The molecule has 0 aromatic rings. The van der Waals surface area contributed by atoms with Crippen LogP contribution in [-0.4, -0.2) is 42.5 Å². The van der Waals surface area contributed by atoms with Crippen LogP contribution in [0, 0.1) is 11.8 Å². The molecular formula is C16H30N2O3. The van der Waals surface area contributed by atoms with Crippen molar-refractivity contribution in [1.29, 1.82) is 0 Å². The minimum absolute atomic E-state index is 0.0106. The summed E-state index contributed by atoms with van der Waals surface area (Å²) in [5.41, 5.74) is -0.696. The Bertz CT molecular complexity index is 376. The van der Waals surface area contributed by atoms with Crippen LogP contribution in [0.2, 0.25) is 0 Å². The van der Waals surface area contributed by atoms with Crippen molar-refractivity contribution in [2.75, 3.05) is 13.2 Å². The van der Waals surface area contributed by atoms with E-state index in [9.17, 15) is 9.59 Å². The lowest BCUT2D eigenvalue weighted by Crippen LogP contribution is -2.54. The number of hydrogen-bond acceptors (Lipinski definition) is 4. The van der Waals surface area contributed by atoms with Crippen LogP contribution in [0.25, 0.3) is 0 Å². The first kappa shape index (κ1) is 18.1. The topological polar surface area (TPSA) is 70.7 Å². The Morgan fingerprint density at radius 1 is 1.24 bits per heavy atom. The van der Waals surface area contributed by atoms with Crippen molar-refractivity contribution in [3.8, 4) is 0 Å². The molecule has 0 radical (unpaired) electrons. The molecule has 0 spiro atoms. The van der Waals surface area contributed by atoms with Crippen molar-refractivity contribution in [3.05, 3.63) is 0 Å². The van der Waals surface area contributed by atoms with E-state index in [-0.39, 0.29) is 23.7 Å². The van der Waals surface area contributed by atoms with E-state index >= 15 is 0 Å². The first-order chi connectivity index (χ1) is 9.71. The predicted octanol–water partition coefficient (Wildman–Crippen LogP) is 1.51. The number of amides is 1. The van der Waals surface area contributed by atoms with E-state index in [2.05, 4.69) is 10.6 Å². The molecule has 0 unspecified atom stereocenters. The third-order valence-corrected chi connectivity index (χ3v) is 3.81. The number of ether oxygens (including phenoxy) is 1. The molecular weight excluding hydrogens is 268 g/mol. The monoisotopic (exact) mass is 298 g/mol. The van der Waals surface area contributed by atoms with Crippen molar-refractivity contribution < 1.29 is 14.3 Å². The smallest absolute Gasteiger partial charge is 0.237 e. The number of hydrogen-bond donors (Lipinski definition) is 2. The number of nitrogens with one attached hydrogen (secondary N) is 2. The molecule has 1 amide bonds. The zero-order chi connectivity index (χ0) is 16.2. The van der Waals surface area contributed by atoms with Gasteiger partial charge in [-0.1, -0.05) is 34.6 Å². The van der Waals surface area contributed by atoms with E-state index in [0.29, 0.717) is 18.9 Å². The van der Waals surface area contributed by atoms with Crippen molar-refractivity contribution in [2.45, 2.75) is 65.6 Å². The molecule has 0 aliphatic carbocycles. The van der Waals surface area contributed by atoms with E-state index in [1.807, 2.05) is 34.6 Å². The second-order valence-corrected chi connectivity index (χ2v) is 6.85. The summed E-state index contributed by atoms with van der Waals surface area (Å²) in [6, 6.07) is -0.740. The molecule has 5 heteroatoms. The van der Waals surface area contributed by atoms with Gasteiger partial charge in [0.2, 0.25) is 5.91 Å². The van der Waals surface area contributed by atoms with E-state index in [0.717, 1.165) is 6.54 Å². The van der Waals surface area contributed by atoms with E-state index < -0.39 is 11.6 Å². The van der Waals surface area contributed by atoms with Crippen LogP contribution in [-0.2, 0) is 14.3 Å². The average Bonchev–Trinajstić information content (AvgIpc) is 3.12. The number of ketones is 1. The van der Waals surface area contributed by atoms with Crippen molar-refractivity contribution in [2.24, 2.45) is 11.8 Å². The van der Waals surface area contributed by atoms with Gasteiger partial charge in [-0.15, -0.1) is 0 Å². The molecule has 1 fully saturated rings.